The number of hydrogen-bond donors (Lipinski definition) is 1. The number of phenolic OH excluding ortho intramolecular Hbond substituents is 1. The Kier molecular flexibility index (Phi) is 3.82. The van der Waals surface area contributed by atoms with Gasteiger partial charge in [0.15, 0.2) is 11.5 Å². The van der Waals surface area contributed by atoms with Crippen LogP contribution < -0.4 is 4.74 Å². The zero-order valence-corrected chi connectivity index (χ0v) is 11.5. The van der Waals surface area contributed by atoms with Gasteiger partial charge in [-0.05, 0) is 61.6 Å². The van der Waals surface area contributed by atoms with Crippen molar-refractivity contribution in [3.63, 3.8) is 0 Å². The monoisotopic (exact) mass is 260 g/mol. The predicted molar refractivity (Wildman–Crippen MR) is 75.9 cm³/mol. The van der Waals surface area contributed by atoms with Crippen LogP contribution in [0.15, 0.2) is 41.3 Å². The van der Waals surface area contributed by atoms with Crippen molar-refractivity contribution in [1.82, 2.24) is 0 Å². The van der Waals surface area contributed by atoms with Gasteiger partial charge in [-0.3, -0.25) is 0 Å². The fourth-order valence-corrected chi connectivity index (χ4v) is 2.33. The molecule has 18 heavy (non-hydrogen) atoms. The summed E-state index contributed by atoms with van der Waals surface area (Å²) in [6.45, 7) is 4.02. The van der Waals surface area contributed by atoms with Crippen molar-refractivity contribution in [2.75, 3.05) is 6.26 Å². The molecule has 0 aliphatic carbocycles. The van der Waals surface area contributed by atoms with E-state index in [0.29, 0.717) is 5.75 Å². The molecule has 0 bridgehead atoms. The fourth-order valence-electron chi connectivity index (χ4n) is 1.74. The van der Waals surface area contributed by atoms with Gasteiger partial charge in [0.2, 0.25) is 0 Å². The highest BCUT2D eigenvalue weighted by molar-refractivity contribution is 7.98. The van der Waals surface area contributed by atoms with Crippen molar-refractivity contribution in [3.05, 3.63) is 47.5 Å². The number of aryl methyl sites for hydroxylation is 2. The van der Waals surface area contributed by atoms with Gasteiger partial charge in [0, 0.05) is 4.90 Å². The first-order valence-corrected chi connectivity index (χ1v) is 6.95. The van der Waals surface area contributed by atoms with Crippen LogP contribution in [-0.4, -0.2) is 11.4 Å². The van der Waals surface area contributed by atoms with Crippen LogP contribution in [-0.2, 0) is 0 Å². The van der Waals surface area contributed by atoms with Crippen molar-refractivity contribution in [2.24, 2.45) is 0 Å². The van der Waals surface area contributed by atoms with E-state index in [4.69, 9.17) is 4.74 Å². The molecule has 0 fully saturated rings. The molecule has 0 atom stereocenters. The Morgan fingerprint density at radius 1 is 1.06 bits per heavy atom. The van der Waals surface area contributed by atoms with E-state index >= 15 is 0 Å². The highest BCUT2D eigenvalue weighted by atomic mass is 32.2. The molecule has 2 rings (SSSR count). The Morgan fingerprint density at radius 2 is 1.83 bits per heavy atom. The molecule has 0 aliphatic rings. The number of thioether (sulfide) groups is 1. The summed E-state index contributed by atoms with van der Waals surface area (Å²) in [6, 6.07) is 11.3. The van der Waals surface area contributed by atoms with Crippen molar-refractivity contribution in [1.29, 1.82) is 0 Å². The molecule has 3 heteroatoms. The molecule has 2 aromatic carbocycles. The Labute approximate surface area is 112 Å². The molecular formula is C15H16O2S. The van der Waals surface area contributed by atoms with Crippen LogP contribution in [0.1, 0.15) is 11.1 Å². The second-order valence-electron chi connectivity index (χ2n) is 4.20. The van der Waals surface area contributed by atoms with E-state index in [9.17, 15) is 5.11 Å². The molecule has 2 nitrogen and oxygen atoms in total. The Hall–Kier alpha value is -1.61. The van der Waals surface area contributed by atoms with Crippen LogP contribution in [0.3, 0.4) is 0 Å². The van der Waals surface area contributed by atoms with E-state index in [1.807, 2.05) is 37.3 Å². The topological polar surface area (TPSA) is 29.5 Å². The minimum atomic E-state index is 0.159. The summed E-state index contributed by atoms with van der Waals surface area (Å²) in [5.41, 5.74) is 2.23. The van der Waals surface area contributed by atoms with Crippen molar-refractivity contribution in [3.8, 4) is 17.2 Å². The number of rotatable bonds is 3. The van der Waals surface area contributed by atoms with Crippen LogP contribution in [0, 0.1) is 13.8 Å². The van der Waals surface area contributed by atoms with E-state index in [2.05, 4.69) is 13.2 Å². The van der Waals surface area contributed by atoms with Gasteiger partial charge >= 0.3 is 0 Å². The summed E-state index contributed by atoms with van der Waals surface area (Å²) in [5, 5.41) is 9.74. The van der Waals surface area contributed by atoms with Crippen molar-refractivity contribution in [2.45, 2.75) is 18.7 Å². The van der Waals surface area contributed by atoms with Gasteiger partial charge in [-0.15, -0.1) is 11.8 Å². The van der Waals surface area contributed by atoms with Gasteiger partial charge in [-0.1, -0.05) is 6.07 Å². The minimum Gasteiger partial charge on any atom is -0.504 e. The van der Waals surface area contributed by atoms with Crippen LogP contribution >= 0.6 is 11.8 Å². The second kappa shape index (κ2) is 5.36. The second-order valence-corrected chi connectivity index (χ2v) is 5.05. The average molecular weight is 260 g/mol. The Bertz CT molecular complexity index is 564. The maximum atomic E-state index is 9.74. The van der Waals surface area contributed by atoms with Crippen LogP contribution in [0.5, 0.6) is 17.2 Å². The van der Waals surface area contributed by atoms with E-state index in [1.54, 1.807) is 17.8 Å². The zero-order chi connectivity index (χ0) is 13.1. The highest BCUT2D eigenvalue weighted by Gasteiger charge is 2.05. The number of ether oxygens (including phenoxy) is 1. The van der Waals surface area contributed by atoms with Gasteiger partial charge in [0.05, 0.1) is 0 Å². The average Bonchev–Trinajstić information content (AvgIpc) is 2.34. The first kappa shape index (κ1) is 12.8. The van der Waals surface area contributed by atoms with Gasteiger partial charge in [-0.2, -0.15) is 0 Å². The standard InChI is InChI=1S/C15H16O2S/c1-10-4-6-13(16)14(8-10)17-12-5-7-15(18-3)11(2)9-12/h4-9,16H,1-3H3. The smallest absolute Gasteiger partial charge is 0.169 e. The van der Waals surface area contributed by atoms with Gasteiger partial charge in [0.1, 0.15) is 5.75 Å². The highest BCUT2D eigenvalue weighted by Crippen LogP contribution is 2.33. The summed E-state index contributed by atoms with van der Waals surface area (Å²) in [7, 11) is 0. The van der Waals surface area contributed by atoms with Crippen LogP contribution in [0.2, 0.25) is 0 Å². The Balaban J connectivity index is 2.28. The summed E-state index contributed by atoms with van der Waals surface area (Å²) in [6.07, 6.45) is 2.05. The van der Waals surface area contributed by atoms with Gasteiger partial charge < -0.3 is 9.84 Å². The lowest BCUT2D eigenvalue weighted by atomic mass is 10.2. The molecule has 0 aliphatic heterocycles. The summed E-state index contributed by atoms with van der Waals surface area (Å²) in [4.78, 5) is 1.23. The normalized spacial score (nSPS) is 10.4. The third kappa shape index (κ3) is 2.79. The first-order chi connectivity index (χ1) is 8.60. The molecule has 0 saturated carbocycles. The lowest BCUT2D eigenvalue weighted by Crippen LogP contribution is -1.88. The number of hydrogen-bond acceptors (Lipinski definition) is 3. The third-order valence-electron chi connectivity index (χ3n) is 2.71. The molecule has 0 spiro atoms. The molecule has 0 saturated heterocycles. The third-order valence-corrected chi connectivity index (χ3v) is 3.61. The summed E-state index contributed by atoms with van der Waals surface area (Å²) < 4.78 is 5.71. The molecule has 0 heterocycles. The lowest BCUT2D eigenvalue weighted by molar-refractivity contribution is 0.410. The Morgan fingerprint density at radius 3 is 2.50 bits per heavy atom. The zero-order valence-electron chi connectivity index (χ0n) is 10.7. The lowest BCUT2D eigenvalue weighted by Gasteiger charge is -2.10. The molecule has 94 valence electrons. The molecule has 1 N–H and O–H groups in total. The fraction of sp³-hybridized carbons (Fsp3) is 0.200. The molecule has 0 radical (unpaired) electrons. The van der Waals surface area contributed by atoms with Crippen LogP contribution in [0.25, 0.3) is 0 Å². The number of benzene rings is 2. The van der Waals surface area contributed by atoms with Gasteiger partial charge in [-0.25, -0.2) is 0 Å². The van der Waals surface area contributed by atoms with E-state index < -0.39 is 0 Å². The van der Waals surface area contributed by atoms with Crippen LogP contribution in [0.4, 0.5) is 0 Å². The molecule has 0 amide bonds. The van der Waals surface area contributed by atoms with Crippen molar-refractivity contribution < 1.29 is 9.84 Å². The van der Waals surface area contributed by atoms with Crippen molar-refractivity contribution >= 4 is 11.8 Å². The minimum absolute atomic E-state index is 0.159. The molecule has 0 unspecified atom stereocenters. The molecule has 0 aromatic heterocycles. The maximum Gasteiger partial charge on any atom is 0.169 e. The largest absolute Gasteiger partial charge is 0.504 e. The van der Waals surface area contributed by atoms with E-state index in [-0.39, 0.29) is 5.75 Å². The summed E-state index contributed by atoms with van der Waals surface area (Å²) in [5.74, 6) is 1.39. The van der Waals surface area contributed by atoms with E-state index in [1.165, 1.54) is 10.5 Å². The van der Waals surface area contributed by atoms with Gasteiger partial charge in [0.25, 0.3) is 0 Å². The summed E-state index contributed by atoms with van der Waals surface area (Å²) >= 11 is 1.71. The number of phenols is 1. The number of aromatic hydroxyl groups is 1. The molecular weight excluding hydrogens is 244 g/mol. The quantitative estimate of drug-likeness (QED) is 0.822. The maximum absolute atomic E-state index is 9.74. The predicted octanol–water partition coefficient (Wildman–Crippen LogP) is 4.52. The first-order valence-electron chi connectivity index (χ1n) is 5.72. The van der Waals surface area contributed by atoms with E-state index in [0.717, 1.165) is 11.3 Å². The molecule has 2 aromatic rings. The SMILES string of the molecule is CSc1ccc(Oc2cc(C)ccc2O)cc1C.